The zero-order valence-corrected chi connectivity index (χ0v) is 17.2. The van der Waals surface area contributed by atoms with Crippen LogP contribution in [0, 0.1) is 23.7 Å². The lowest BCUT2D eigenvalue weighted by atomic mass is 9.81. The molecule has 6 nitrogen and oxygen atoms in total. The predicted molar refractivity (Wildman–Crippen MR) is 108 cm³/mol. The molecule has 2 aliphatic carbocycles. The lowest BCUT2D eigenvalue weighted by molar-refractivity contribution is -0.142. The van der Waals surface area contributed by atoms with E-state index in [1.54, 1.807) is 0 Å². The molecule has 30 heavy (non-hydrogen) atoms. The Morgan fingerprint density at radius 1 is 0.533 bits per heavy atom. The fraction of sp³-hybridized carbons (Fsp3) is 0.583. The van der Waals surface area contributed by atoms with Crippen LogP contribution in [0.3, 0.4) is 0 Å². The van der Waals surface area contributed by atoms with Crippen molar-refractivity contribution in [2.75, 3.05) is 0 Å². The highest BCUT2D eigenvalue weighted by Crippen LogP contribution is 2.39. The topological polar surface area (TPSA) is 74.8 Å². The Hall–Kier alpha value is -2.50. The number of fused-ring (bicyclic) bond motifs is 2. The van der Waals surface area contributed by atoms with Crippen LogP contribution in [0.2, 0.25) is 0 Å². The monoisotopic (exact) mass is 408 g/mol. The molecule has 2 saturated heterocycles. The van der Waals surface area contributed by atoms with Crippen molar-refractivity contribution in [1.29, 1.82) is 0 Å². The van der Waals surface area contributed by atoms with Gasteiger partial charge in [0.25, 0.3) is 0 Å². The van der Waals surface area contributed by atoms with Crippen LogP contribution in [0.4, 0.5) is 0 Å². The van der Waals surface area contributed by atoms with E-state index in [9.17, 15) is 19.2 Å². The molecule has 4 aliphatic rings. The maximum Gasteiger partial charge on any atom is 0.233 e. The van der Waals surface area contributed by atoms with Crippen LogP contribution < -0.4 is 0 Å². The van der Waals surface area contributed by atoms with Gasteiger partial charge < -0.3 is 0 Å². The molecule has 158 valence electrons. The average Bonchev–Trinajstić information content (AvgIpc) is 3.16. The molecule has 1 aromatic carbocycles. The fourth-order valence-electron chi connectivity index (χ4n) is 5.89. The predicted octanol–water partition coefficient (Wildman–Crippen LogP) is 3.04. The average molecular weight is 408 g/mol. The van der Waals surface area contributed by atoms with Crippen molar-refractivity contribution in [2.45, 2.75) is 64.5 Å². The quantitative estimate of drug-likeness (QED) is 0.718. The Morgan fingerprint density at radius 3 is 1.07 bits per heavy atom. The number of rotatable bonds is 4. The zero-order valence-electron chi connectivity index (χ0n) is 17.2. The van der Waals surface area contributed by atoms with E-state index in [2.05, 4.69) is 0 Å². The minimum Gasteiger partial charge on any atom is -0.278 e. The molecule has 0 bridgehead atoms. The van der Waals surface area contributed by atoms with E-state index in [1.165, 1.54) is 9.80 Å². The molecule has 0 spiro atoms. The van der Waals surface area contributed by atoms with Gasteiger partial charge in [-0.2, -0.15) is 0 Å². The highest BCUT2D eigenvalue weighted by atomic mass is 16.2. The third kappa shape index (κ3) is 3.17. The van der Waals surface area contributed by atoms with E-state index >= 15 is 0 Å². The van der Waals surface area contributed by atoms with E-state index < -0.39 is 0 Å². The van der Waals surface area contributed by atoms with E-state index in [0.29, 0.717) is 13.1 Å². The van der Waals surface area contributed by atoms with Gasteiger partial charge in [-0.3, -0.25) is 29.0 Å². The third-order valence-electron chi connectivity index (χ3n) is 7.57. The normalized spacial score (nSPS) is 31.3. The minimum atomic E-state index is -0.124. The van der Waals surface area contributed by atoms with Gasteiger partial charge in [0, 0.05) is 0 Å². The van der Waals surface area contributed by atoms with Crippen molar-refractivity contribution >= 4 is 23.6 Å². The number of hydrogen-bond acceptors (Lipinski definition) is 4. The van der Waals surface area contributed by atoms with Gasteiger partial charge in [-0.25, -0.2) is 0 Å². The van der Waals surface area contributed by atoms with E-state index in [1.807, 2.05) is 24.3 Å². The molecular formula is C24H28N2O4. The third-order valence-corrected chi connectivity index (χ3v) is 7.57. The molecule has 6 heteroatoms. The highest BCUT2D eigenvalue weighted by molar-refractivity contribution is 6.05. The van der Waals surface area contributed by atoms with Crippen molar-refractivity contribution in [3.05, 3.63) is 35.4 Å². The minimum absolute atomic E-state index is 0.0235. The molecule has 4 amide bonds. The summed E-state index contributed by atoms with van der Waals surface area (Å²) in [5.41, 5.74) is 1.79. The van der Waals surface area contributed by atoms with Crippen molar-refractivity contribution < 1.29 is 19.2 Å². The molecule has 4 fully saturated rings. The van der Waals surface area contributed by atoms with Gasteiger partial charge in [-0.1, -0.05) is 49.9 Å². The molecule has 0 N–H and O–H groups in total. The number of nitrogens with zero attached hydrogens (tertiary/aromatic N) is 2. The number of benzene rings is 1. The molecule has 2 saturated carbocycles. The van der Waals surface area contributed by atoms with Crippen LogP contribution >= 0.6 is 0 Å². The van der Waals surface area contributed by atoms with Crippen molar-refractivity contribution in [1.82, 2.24) is 9.80 Å². The summed E-state index contributed by atoms with van der Waals surface area (Å²) in [4.78, 5) is 53.5. The Bertz CT molecular complexity index is 772. The summed E-state index contributed by atoms with van der Waals surface area (Å²) in [5, 5.41) is 0. The molecule has 4 atom stereocenters. The molecule has 0 unspecified atom stereocenters. The lowest BCUT2D eigenvalue weighted by Crippen LogP contribution is -2.31. The van der Waals surface area contributed by atoms with Crippen molar-refractivity contribution in [2.24, 2.45) is 23.7 Å². The number of carbonyl (C=O) groups excluding carboxylic acids is 4. The standard InChI is InChI=1S/C24H28N2O4/c27-21-17-5-1-2-6-18(17)22(28)25(21)13-15-9-11-16(12-10-15)14-26-23(29)19-7-3-4-8-20(19)24(26)30/h9-12,17-20H,1-8,13-14H2/t17-,18-,19-,20+/m0/s1. The second-order valence-electron chi connectivity index (χ2n) is 9.34. The van der Waals surface area contributed by atoms with Gasteiger partial charge in [0.15, 0.2) is 0 Å². The number of hydrogen-bond donors (Lipinski definition) is 0. The smallest absolute Gasteiger partial charge is 0.233 e. The first kappa shape index (κ1) is 19.5. The first-order valence-corrected chi connectivity index (χ1v) is 11.3. The van der Waals surface area contributed by atoms with Crippen LogP contribution in [0.1, 0.15) is 62.5 Å². The summed E-state index contributed by atoms with van der Waals surface area (Å²) < 4.78 is 0. The van der Waals surface area contributed by atoms with Gasteiger partial charge in [0.2, 0.25) is 23.6 Å². The van der Waals surface area contributed by atoms with Crippen LogP contribution in [0.5, 0.6) is 0 Å². The summed E-state index contributed by atoms with van der Waals surface area (Å²) >= 11 is 0. The number of imide groups is 2. The molecule has 0 aromatic heterocycles. The maximum atomic E-state index is 12.7. The van der Waals surface area contributed by atoms with Crippen LogP contribution in [-0.4, -0.2) is 33.4 Å². The molecule has 5 rings (SSSR count). The Balaban J connectivity index is 1.25. The maximum absolute atomic E-state index is 12.7. The first-order valence-electron chi connectivity index (χ1n) is 11.3. The first-order chi connectivity index (χ1) is 14.5. The molecule has 2 heterocycles. The zero-order chi connectivity index (χ0) is 20.8. The summed E-state index contributed by atoms with van der Waals surface area (Å²) in [7, 11) is 0. The van der Waals surface area contributed by atoms with Gasteiger partial charge in [0.05, 0.1) is 36.8 Å². The number of likely N-dealkylation sites (tertiary alicyclic amines) is 2. The van der Waals surface area contributed by atoms with Gasteiger partial charge in [-0.05, 0) is 36.8 Å². The molecule has 1 aromatic rings. The van der Waals surface area contributed by atoms with E-state index in [0.717, 1.165) is 62.5 Å². The Kier molecular flexibility index (Phi) is 4.95. The second-order valence-corrected chi connectivity index (χ2v) is 9.34. The molecule has 2 aliphatic heterocycles. The summed E-state index contributed by atoms with van der Waals surface area (Å²) in [6, 6.07) is 7.60. The second kappa shape index (κ2) is 7.64. The van der Waals surface area contributed by atoms with Crippen LogP contribution in [0.15, 0.2) is 24.3 Å². The molecular weight excluding hydrogens is 380 g/mol. The van der Waals surface area contributed by atoms with Crippen LogP contribution in [0.25, 0.3) is 0 Å². The van der Waals surface area contributed by atoms with E-state index in [-0.39, 0.29) is 47.3 Å². The number of carbonyl (C=O) groups is 4. The van der Waals surface area contributed by atoms with Crippen molar-refractivity contribution in [3.63, 3.8) is 0 Å². The van der Waals surface area contributed by atoms with E-state index in [4.69, 9.17) is 0 Å². The Labute approximate surface area is 176 Å². The largest absolute Gasteiger partial charge is 0.278 e. The molecule has 0 radical (unpaired) electrons. The van der Waals surface area contributed by atoms with Gasteiger partial charge >= 0.3 is 0 Å². The van der Waals surface area contributed by atoms with Gasteiger partial charge in [-0.15, -0.1) is 0 Å². The summed E-state index contributed by atoms with van der Waals surface area (Å²) in [6.07, 6.45) is 7.40. The SMILES string of the molecule is O=C1[C@H]2CCCC[C@@H]2C(=O)N1Cc1ccc(CN2C(=O)[C@H]3CCCC[C@H]3C2=O)cc1. The highest BCUT2D eigenvalue weighted by Gasteiger charge is 2.49. The fourth-order valence-corrected chi connectivity index (χ4v) is 5.89. The van der Waals surface area contributed by atoms with Gasteiger partial charge in [0.1, 0.15) is 0 Å². The summed E-state index contributed by atoms with van der Waals surface area (Å²) in [6.45, 7) is 0.605. The van der Waals surface area contributed by atoms with Crippen molar-refractivity contribution in [3.8, 4) is 0 Å². The van der Waals surface area contributed by atoms with Crippen LogP contribution in [-0.2, 0) is 32.3 Å². The Morgan fingerprint density at radius 2 is 0.800 bits per heavy atom. The summed E-state index contributed by atoms with van der Waals surface area (Å²) in [5.74, 6) is -0.589. The number of amides is 4. The lowest BCUT2D eigenvalue weighted by Gasteiger charge is -2.19.